The molecule has 1 fully saturated rings. The number of nitrogens with zero attached hydrogens (tertiary/aromatic N) is 3. The van der Waals surface area contributed by atoms with Crippen molar-refractivity contribution in [3.63, 3.8) is 0 Å². The second kappa shape index (κ2) is 8.61. The number of amides is 1. The zero-order chi connectivity index (χ0) is 22.2. The SMILES string of the molecule is CC(C)(C)OC(=O)N1CCN(Cc2nc3scc(-c4ccccc4Cl)c3c(=O)[nH]2)CC1. The molecule has 0 spiro atoms. The van der Waals surface area contributed by atoms with Gasteiger partial charge < -0.3 is 14.6 Å². The van der Waals surface area contributed by atoms with E-state index in [1.165, 1.54) is 11.3 Å². The second-order valence-corrected chi connectivity index (χ2v) is 9.83. The number of aromatic amines is 1. The first-order valence-electron chi connectivity index (χ1n) is 10.2. The summed E-state index contributed by atoms with van der Waals surface area (Å²) in [6, 6.07) is 7.48. The third kappa shape index (κ3) is 4.92. The van der Waals surface area contributed by atoms with Gasteiger partial charge in [-0.2, -0.15) is 0 Å². The molecule has 3 heterocycles. The summed E-state index contributed by atoms with van der Waals surface area (Å²) in [7, 11) is 0. The van der Waals surface area contributed by atoms with Crippen molar-refractivity contribution in [3.8, 4) is 11.1 Å². The van der Waals surface area contributed by atoms with E-state index in [9.17, 15) is 9.59 Å². The average molecular weight is 461 g/mol. The number of hydrogen-bond acceptors (Lipinski definition) is 6. The summed E-state index contributed by atoms with van der Waals surface area (Å²) in [6.07, 6.45) is -0.286. The summed E-state index contributed by atoms with van der Waals surface area (Å²) < 4.78 is 5.44. The molecule has 0 bridgehead atoms. The van der Waals surface area contributed by atoms with Crippen LogP contribution in [0.25, 0.3) is 21.3 Å². The number of carbonyl (C=O) groups excluding carboxylic acids is 1. The molecule has 0 atom stereocenters. The van der Waals surface area contributed by atoms with Gasteiger partial charge in [-0.1, -0.05) is 29.8 Å². The minimum Gasteiger partial charge on any atom is -0.444 e. The molecule has 164 valence electrons. The number of carbonyl (C=O) groups is 1. The lowest BCUT2D eigenvalue weighted by molar-refractivity contribution is 0.0137. The number of benzene rings is 1. The minimum absolute atomic E-state index is 0.163. The molecule has 2 aromatic heterocycles. The molecule has 4 rings (SSSR count). The Balaban J connectivity index is 1.47. The van der Waals surface area contributed by atoms with Crippen molar-refractivity contribution in [3.05, 3.63) is 50.8 Å². The normalized spacial score (nSPS) is 15.4. The Hall–Kier alpha value is -2.42. The van der Waals surface area contributed by atoms with Gasteiger partial charge in [-0.05, 0) is 26.8 Å². The van der Waals surface area contributed by atoms with Gasteiger partial charge >= 0.3 is 6.09 Å². The lowest BCUT2D eigenvalue weighted by atomic mass is 10.1. The maximum absolute atomic E-state index is 12.9. The summed E-state index contributed by atoms with van der Waals surface area (Å²) in [5.41, 5.74) is 0.963. The summed E-state index contributed by atoms with van der Waals surface area (Å²) in [5, 5.41) is 3.10. The molecule has 1 amide bonds. The number of aromatic nitrogens is 2. The van der Waals surface area contributed by atoms with Crippen LogP contribution in [0.15, 0.2) is 34.4 Å². The molecule has 1 aromatic carbocycles. The highest BCUT2D eigenvalue weighted by Crippen LogP contribution is 2.34. The largest absolute Gasteiger partial charge is 0.444 e. The van der Waals surface area contributed by atoms with Gasteiger partial charge in [0.2, 0.25) is 0 Å². The van der Waals surface area contributed by atoms with Gasteiger partial charge in [-0.25, -0.2) is 9.78 Å². The summed E-state index contributed by atoms with van der Waals surface area (Å²) in [5.74, 6) is 0.621. The molecule has 0 radical (unpaired) electrons. The van der Waals surface area contributed by atoms with Crippen LogP contribution in [-0.2, 0) is 11.3 Å². The zero-order valence-electron chi connectivity index (χ0n) is 17.8. The van der Waals surface area contributed by atoms with Crippen molar-refractivity contribution in [2.75, 3.05) is 26.2 Å². The Morgan fingerprint density at radius 2 is 1.90 bits per heavy atom. The molecular formula is C22H25ClN4O3S. The van der Waals surface area contributed by atoms with E-state index in [1.54, 1.807) is 4.90 Å². The van der Waals surface area contributed by atoms with Crippen molar-refractivity contribution < 1.29 is 9.53 Å². The Labute approximate surface area is 189 Å². The second-order valence-electron chi connectivity index (χ2n) is 8.57. The Kier molecular flexibility index (Phi) is 6.05. The first-order valence-corrected chi connectivity index (χ1v) is 11.4. The van der Waals surface area contributed by atoms with Gasteiger partial charge in [0.05, 0.1) is 11.9 Å². The maximum atomic E-state index is 12.9. The van der Waals surface area contributed by atoms with E-state index in [-0.39, 0.29) is 11.7 Å². The Morgan fingerprint density at radius 1 is 1.19 bits per heavy atom. The van der Waals surface area contributed by atoms with Crippen LogP contribution in [0.1, 0.15) is 26.6 Å². The van der Waals surface area contributed by atoms with Crippen LogP contribution in [0.3, 0.4) is 0 Å². The average Bonchev–Trinajstić information content (AvgIpc) is 3.12. The van der Waals surface area contributed by atoms with Crippen molar-refractivity contribution in [2.24, 2.45) is 0 Å². The van der Waals surface area contributed by atoms with Gasteiger partial charge in [-0.15, -0.1) is 11.3 Å². The van der Waals surface area contributed by atoms with E-state index in [4.69, 9.17) is 16.3 Å². The smallest absolute Gasteiger partial charge is 0.410 e. The first-order chi connectivity index (χ1) is 14.7. The Bertz CT molecular complexity index is 1160. The fourth-order valence-electron chi connectivity index (χ4n) is 3.57. The number of H-pyrrole nitrogens is 1. The molecule has 0 saturated carbocycles. The van der Waals surface area contributed by atoms with Crippen LogP contribution in [0.5, 0.6) is 0 Å². The monoisotopic (exact) mass is 460 g/mol. The molecule has 1 aliphatic rings. The van der Waals surface area contributed by atoms with Gasteiger partial charge in [0, 0.05) is 47.7 Å². The topological polar surface area (TPSA) is 78.5 Å². The third-order valence-electron chi connectivity index (χ3n) is 5.05. The molecule has 1 N–H and O–H groups in total. The summed E-state index contributed by atoms with van der Waals surface area (Å²) >= 11 is 7.77. The highest BCUT2D eigenvalue weighted by molar-refractivity contribution is 7.17. The molecule has 31 heavy (non-hydrogen) atoms. The van der Waals surface area contributed by atoms with E-state index < -0.39 is 5.60 Å². The number of hydrogen-bond donors (Lipinski definition) is 1. The van der Waals surface area contributed by atoms with Crippen LogP contribution < -0.4 is 5.56 Å². The molecular weight excluding hydrogens is 436 g/mol. The highest BCUT2D eigenvalue weighted by Gasteiger charge is 2.26. The van der Waals surface area contributed by atoms with E-state index >= 15 is 0 Å². The summed E-state index contributed by atoms with van der Waals surface area (Å²) in [4.78, 5) is 37.3. The van der Waals surface area contributed by atoms with Gasteiger partial charge in [0.15, 0.2) is 0 Å². The molecule has 1 saturated heterocycles. The maximum Gasteiger partial charge on any atom is 0.410 e. The summed E-state index contributed by atoms with van der Waals surface area (Å²) in [6.45, 7) is 8.65. The number of ether oxygens (including phenoxy) is 1. The molecule has 9 heteroatoms. The van der Waals surface area contributed by atoms with Gasteiger partial charge in [-0.3, -0.25) is 9.69 Å². The highest BCUT2D eigenvalue weighted by atomic mass is 35.5. The predicted molar refractivity (Wildman–Crippen MR) is 124 cm³/mol. The lowest BCUT2D eigenvalue weighted by Crippen LogP contribution is -2.49. The number of piperazine rings is 1. The van der Waals surface area contributed by atoms with Crippen LogP contribution >= 0.6 is 22.9 Å². The number of nitrogens with one attached hydrogen (secondary N) is 1. The van der Waals surface area contributed by atoms with E-state index in [1.807, 2.05) is 50.4 Å². The fraction of sp³-hybridized carbons (Fsp3) is 0.409. The lowest BCUT2D eigenvalue weighted by Gasteiger charge is -2.35. The number of halogens is 1. The van der Waals surface area contributed by atoms with Crippen LogP contribution in [0, 0.1) is 0 Å². The van der Waals surface area contributed by atoms with Crippen molar-refractivity contribution in [1.29, 1.82) is 0 Å². The van der Waals surface area contributed by atoms with Crippen LogP contribution in [0.2, 0.25) is 5.02 Å². The van der Waals surface area contributed by atoms with Crippen molar-refractivity contribution in [1.82, 2.24) is 19.8 Å². The third-order valence-corrected chi connectivity index (χ3v) is 6.26. The quantitative estimate of drug-likeness (QED) is 0.628. The molecule has 0 unspecified atom stereocenters. The Morgan fingerprint density at radius 3 is 2.58 bits per heavy atom. The van der Waals surface area contributed by atoms with E-state index in [0.717, 1.165) is 11.1 Å². The number of rotatable bonds is 3. The molecule has 1 aliphatic heterocycles. The number of thiophene rings is 1. The van der Waals surface area contributed by atoms with E-state index in [0.29, 0.717) is 53.8 Å². The first kappa shape index (κ1) is 21.8. The van der Waals surface area contributed by atoms with E-state index in [2.05, 4.69) is 14.9 Å². The minimum atomic E-state index is -0.503. The van der Waals surface area contributed by atoms with Gasteiger partial charge in [0.1, 0.15) is 16.3 Å². The predicted octanol–water partition coefficient (Wildman–Crippen LogP) is 4.36. The van der Waals surface area contributed by atoms with Gasteiger partial charge in [0.25, 0.3) is 5.56 Å². The number of fused-ring (bicyclic) bond motifs is 1. The molecule has 3 aromatic rings. The van der Waals surface area contributed by atoms with Crippen molar-refractivity contribution in [2.45, 2.75) is 32.9 Å². The molecule has 7 nitrogen and oxygen atoms in total. The van der Waals surface area contributed by atoms with Crippen LogP contribution in [0.4, 0.5) is 4.79 Å². The standard InChI is InChI=1S/C22H25ClN4O3S/c1-22(2,3)30-21(29)27-10-8-26(9-11-27)12-17-24-19(28)18-15(13-31-20(18)25-17)14-6-4-5-7-16(14)23/h4-7,13H,8-12H2,1-3H3,(H,24,25,28). The van der Waals surface area contributed by atoms with Crippen LogP contribution in [-0.4, -0.2) is 57.6 Å². The van der Waals surface area contributed by atoms with Crippen molar-refractivity contribution >= 4 is 39.2 Å². The fourth-order valence-corrected chi connectivity index (χ4v) is 4.77. The molecule has 0 aliphatic carbocycles. The zero-order valence-corrected chi connectivity index (χ0v) is 19.3.